The van der Waals surface area contributed by atoms with Crippen molar-refractivity contribution in [3.63, 3.8) is 0 Å². The molecule has 0 saturated heterocycles. The summed E-state index contributed by atoms with van der Waals surface area (Å²) in [6, 6.07) is 14.3. The molecule has 0 aliphatic carbocycles. The molecule has 3 aromatic rings. The Labute approximate surface area is 135 Å². The molecule has 0 unspecified atom stereocenters. The molecule has 0 fully saturated rings. The SMILES string of the molecule is Cc1c(C(=O)Nc2ccc(C#N)cc2)oc2ccc(Br)cc12. The van der Waals surface area contributed by atoms with Crippen LogP contribution < -0.4 is 5.32 Å². The fourth-order valence-corrected chi connectivity index (χ4v) is 2.59. The van der Waals surface area contributed by atoms with Gasteiger partial charge in [-0.3, -0.25) is 4.79 Å². The summed E-state index contributed by atoms with van der Waals surface area (Å²) in [5, 5.41) is 12.4. The topological polar surface area (TPSA) is 66.0 Å². The summed E-state index contributed by atoms with van der Waals surface area (Å²) in [4.78, 5) is 12.4. The van der Waals surface area contributed by atoms with Crippen molar-refractivity contribution in [3.05, 3.63) is 63.8 Å². The zero-order valence-electron chi connectivity index (χ0n) is 11.7. The minimum absolute atomic E-state index is 0.289. The third-order valence-electron chi connectivity index (χ3n) is 3.38. The van der Waals surface area contributed by atoms with Gasteiger partial charge < -0.3 is 9.73 Å². The predicted molar refractivity (Wildman–Crippen MR) is 87.8 cm³/mol. The number of aryl methyl sites for hydroxylation is 1. The molecule has 0 aliphatic rings. The van der Waals surface area contributed by atoms with E-state index in [9.17, 15) is 4.79 Å². The number of amides is 1. The highest BCUT2D eigenvalue weighted by Crippen LogP contribution is 2.28. The van der Waals surface area contributed by atoms with Crippen LogP contribution in [0.3, 0.4) is 0 Å². The van der Waals surface area contributed by atoms with Gasteiger partial charge in [0.1, 0.15) is 5.58 Å². The van der Waals surface area contributed by atoms with Crippen LogP contribution in [0.5, 0.6) is 0 Å². The van der Waals surface area contributed by atoms with Crippen LogP contribution in [0.2, 0.25) is 0 Å². The number of hydrogen-bond acceptors (Lipinski definition) is 3. The van der Waals surface area contributed by atoms with E-state index in [0.717, 1.165) is 15.4 Å². The summed E-state index contributed by atoms with van der Waals surface area (Å²) in [5.74, 6) is -0.0213. The summed E-state index contributed by atoms with van der Waals surface area (Å²) in [7, 11) is 0. The molecule has 108 valence electrons. The fourth-order valence-electron chi connectivity index (χ4n) is 2.23. The van der Waals surface area contributed by atoms with Crippen LogP contribution in [-0.4, -0.2) is 5.91 Å². The highest BCUT2D eigenvalue weighted by atomic mass is 79.9. The van der Waals surface area contributed by atoms with Gasteiger partial charge >= 0.3 is 0 Å². The zero-order chi connectivity index (χ0) is 15.7. The van der Waals surface area contributed by atoms with Gasteiger partial charge in [-0.1, -0.05) is 15.9 Å². The second-order valence-corrected chi connectivity index (χ2v) is 5.76. The van der Waals surface area contributed by atoms with E-state index in [2.05, 4.69) is 21.2 Å². The van der Waals surface area contributed by atoms with Crippen LogP contribution in [0.4, 0.5) is 5.69 Å². The minimum Gasteiger partial charge on any atom is -0.451 e. The van der Waals surface area contributed by atoms with E-state index in [4.69, 9.17) is 9.68 Å². The Hall–Kier alpha value is -2.58. The monoisotopic (exact) mass is 354 g/mol. The molecule has 1 amide bonds. The van der Waals surface area contributed by atoms with E-state index < -0.39 is 0 Å². The molecule has 0 aliphatic heterocycles. The van der Waals surface area contributed by atoms with Crippen molar-refractivity contribution in [3.8, 4) is 6.07 Å². The van der Waals surface area contributed by atoms with Gasteiger partial charge in [0.2, 0.25) is 0 Å². The molecule has 22 heavy (non-hydrogen) atoms. The number of nitrogens with zero attached hydrogens (tertiary/aromatic N) is 1. The lowest BCUT2D eigenvalue weighted by Gasteiger charge is -2.03. The molecule has 0 atom stereocenters. The molecular weight excluding hydrogens is 344 g/mol. The second-order valence-electron chi connectivity index (χ2n) is 4.84. The maximum absolute atomic E-state index is 12.4. The minimum atomic E-state index is -0.311. The lowest BCUT2D eigenvalue weighted by molar-refractivity contribution is 0.0998. The number of anilines is 1. The van der Waals surface area contributed by atoms with Gasteiger partial charge in [-0.05, 0) is 49.4 Å². The highest BCUT2D eigenvalue weighted by Gasteiger charge is 2.17. The van der Waals surface area contributed by atoms with E-state index in [0.29, 0.717) is 16.8 Å². The van der Waals surface area contributed by atoms with E-state index in [1.165, 1.54) is 0 Å². The average molecular weight is 355 g/mol. The second kappa shape index (κ2) is 5.66. The quantitative estimate of drug-likeness (QED) is 0.729. The molecule has 4 nitrogen and oxygen atoms in total. The molecule has 3 rings (SSSR count). The van der Waals surface area contributed by atoms with Gasteiger partial charge in [0.25, 0.3) is 5.91 Å². The number of furan rings is 1. The summed E-state index contributed by atoms with van der Waals surface area (Å²) < 4.78 is 6.58. The van der Waals surface area contributed by atoms with E-state index in [1.807, 2.05) is 31.2 Å². The van der Waals surface area contributed by atoms with Crippen LogP contribution in [0, 0.1) is 18.3 Å². The standard InChI is InChI=1S/C17H11BrN2O2/c1-10-14-8-12(18)4-7-15(14)22-16(10)17(21)20-13-5-2-11(9-19)3-6-13/h2-8H,1H3,(H,20,21). The Bertz CT molecular complexity index is 905. The summed E-state index contributed by atoms with van der Waals surface area (Å²) in [5.41, 5.74) is 2.63. The third-order valence-corrected chi connectivity index (χ3v) is 3.87. The van der Waals surface area contributed by atoms with Crippen LogP contribution in [0.1, 0.15) is 21.7 Å². The predicted octanol–water partition coefficient (Wildman–Crippen LogP) is 4.63. The molecule has 1 heterocycles. The van der Waals surface area contributed by atoms with Crippen molar-refractivity contribution in [1.29, 1.82) is 5.26 Å². The largest absolute Gasteiger partial charge is 0.451 e. The Balaban J connectivity index is 1.91. The molecule has 0 bridgehead atoms. The molecule has 1 N–H and O–H groups in total. The molecule has 5 heteroatoms. The zero-order valence-corrected chi connectivity index (χ0v) is 13.3. The van der Waals surface area contributed by atoms with Crippen molar-refractivity contribution < 1.29 is 9.21 Å². The van der Waals surface area contributed by atoms with Crippen molar-refractivity contribution in [2.45, 2.75) is 6.92 Å². The first kappa shape index (κ1) is 14.4. The molecule has 2 aromatic carbocycles. The van der Waals surface area contributed by atoms with Gasteiger partial charge in [0, 0.05) is 21.1 Å². The first-order valence-electron chi connectivity index (χ1n) is 6.58. The van der Waals surface area contributed by atoms with E-state index in [1.54, 1.807) is 24.3 Å². The summed E-state index contributed by atoms with van der Waals surface area (Å²) in [6.07, 6.45) is 0. The maximum Gasteiger partial charge on any atom is 0.291 e. The maximum atomic E-state index is 12.4. The number of nitriles is 1. The number of hydrogen-bond donors (Lipinski definition) is 1. The van der Waals surface area contributed by atoms with Crippen molar-refractivity contribution in [1.82, 2.24) is 0 Å². The first-order chi connectivity index (χ1) is 10.6. The molecular formula is C17H11BrN2O2. The fraction of sp³-hybridized carbons (Fsp3) is 0.0588. The Morgan fingerprint density at radius 1 is 1.23 bits per heavy atom. The van der Waals surface area contributed by atoms with Crippen LogP contribution >= 0.6 is 15.9 Å². The normalized spacial score (nSPS) is 10.4. The van der Waals surface area contributed by atoms with Crippen LogP contribution in [0.25, 0.3) is 11.0 Å². The number of carbonyl (C=O) groups excluding carboxylic acids is 1. The van der Waals surface area contributed by atoms with Gasteiger partial charge in [-0.2, -0.15) is 5.26 Å². The van der Waals surface area contributed by atoms with Gasteiger partial charge in [0.05, 0.1) is 11.6 Å². The van der Waals surface area contributed by atoms with Crippen molar-refractivity contribution in [2.75, 3.05) is 5.32 Å². The molecule has 1 aromatic heterocycles. The first-order valence-corrected chi connectivity index (χ1v) is 7.38. The Morgan fingerprint density at radius 3 is 2.64 bits per heavy atom. The molecule has 0 saturated carbocycles. The summed E-state index contributed by atoms with van der Waals surface area (Å²) in [6.45, 7) is 1.85. The van der Waals surface area contributed by atoms with Crippen LogP contribution in [-0.2, 0) is 0 Å². The smallest absolute Gasteiger partial charge is 0.291 e. The third kappa shape index (κ3) is 2.61. The molecule has 0 spiro atoms. The number of halogens is 1. The average Bonchev–Trinajstić information content (AvgIpc) is 2.85. The van der Waals surface area contributed by atoms with Crippen molar-refractivity contribution >= 4 is 38.5 Å². The highest BCUT2D eigenvalue weighted by molar-refractivity contribution is 9.10. The van der Waals surface area contributed by atoms with Gasteiger partial charge in [-0.25, -0.2) is 0 Å². The van der Waals surface area contributed by atoms with Gasteiger partial charge in [-0.15, -0.1) is 0 Å². The van der Waals surface area contributed by atoms with Gasteiger partial charge in [0.15, 0.2) is 5.76 Å². The molecule has 0 radical (unpaired) electrons. The number of fused-ring (bicyclic) bond motifs is 1. The van der Waals surface area contributed by atoms with Crippen LogP contribution in [0.15, 0.2) is 51.4 Å². The number of rotatable bonds is 2. The van der Waals surface area contributed by atoms with E-state index >= 15 is 0 Å². The number of benzene rings is 2. The van der Waals surface area contributed by atoms with E-state index in [-0.39, 0.29) is 11.7 Å². The number of carbonyl (C=O) groups is 1. The summed E-state index contributed by atoms with van der Waals surface area (Å²) >= 11 is 3.41. The lowest BCUT2D eigenvalue weighted by atomic mass is 10.1. The lowest BCUT2D eigenvalue weighted by Crippen LogP contribution is -2.12. The van der Waals surface area contributed by atoms with Crippen molar-refractivity contribution in [2.24, 2.45) is 0 Å². The Morgan fingerprint density at radius 2 is 1.95 bits per heavy atom. The Kier molecular flexibility index (Phi) is 3.70. The number of nitrogens with one attached hydrogen (secondary N) is 1.